The molecule has 0 aliphatic heterocycles. The van der Waals surface area contributed by atoms with E-state index in [1.54, 1.807) is 12.3 Å². The SMILES string of the molecule is CCOCC(=O)C(=O)NN. The topological polar surface area (TPSA) is 81.4 Å². The van der Waals surface area contributed by atoms with Crippen LogP contribution in [0.2, 0.25) is 0 Å². The molecule has 0 unspecified atom stereocenters. The van der Waals surface area contributed by atoms with Gasteiger partial charge in [-0.2, -0.15) is 0 Å². The Morgan fingerprint density at radius 3 is 2.60 bits per heavy atom. The summed E-state index contributed by atoms with van der Waals surface area (Å²) in [6.07, 6.45) is 0. The molecule has 0 fully saturated rings. The first-order valence-electron chi connectivity index (χ1n) is 2.83. The third kappa shape index (κ3) is 3.16. The maximum absolute atomic E-state index is 10.5. The highest BCUT2D eigenvalue weighted by molar-refractivity contribution is 6.36. The van der Waals surface area contributed by atoms with Crippen molar-refractivity contribution >= 4 is 11.7 Å². The number of nitrogens with two attached hydrogens (primary N) is 1. The van der Waals surface area contributed by atoms with E-state index in [0.29, 0.717) is 6.61 Å². The number of hydrogen-bond donors (Lipinski definition) is 2. The highest BCUT2D eigenvalue weighted by Gasteiger charge is 2.10. The molecule has 0 aromatic carbocycles. The van der Waals surface area contributed by atoms with Crippen molar-refractivity contribution in [2.75, 3.05) is 13.2 Å². The number of carbonyl (C=O) groups is 2. The molecule has 3 N–H and O–H groups in total. The van der Waals surface area contributed by atoms with Gasteiger partial charge in [0, 0.05) is 6.61 Å². The van der Waals surface area contributed by atoms with E-state index >= 15 is 0 Å². The zero-order valence-electron chi connectivity index (χ0n) is 5.72. The van der Waals surface area contributed by atoms with Crippen molar-refractivity contribution in [3.8, 4) is 0 Å². The Kier molecular flexibility index (Phi) is 4.43. The van der Waals surface area contributed by atoms with E-state index in [4.69, 9.17) is 0 Å². The lowest BCUT2D eigenvalue weighted by atomic mass is 10.4. The van der Waals surface area contributed by atoms with Crippen LogP contribution in [0.1, 0.15) is 6.92 Å². The zero-order valence-corrected chi connectivity index (χ0v) is 5.72. The molecule has 5 heteroatoms. The Labute approximate surface area is 58.5 Å². The van der Waals surface area contributed by atoms with E-state index < -0.39 is 11.7 Å². The molecule has 0 aromatic rings. The maximum atomic E-state index is 10.5. The first kappa shape index (κ1) is 9.06. The van der Waals surface area contributed by atoms with Gasteiger partial charge in [0.1, 0.15) is 6.61 Å². The summed E-state index contributed by atoms with van der Waals surface area (Å²) in [5, 5.41) is 0. The molecule has 1 amide bonds. The van der Waals surface area contributed by atoms with Gasteiger partial charge < -0.3 is 4.74 Å². The van der Waals surface area contributed by atoms with E-state index in [-0.39, 0.29) is 6.61 Å². The largest absolute Gasteiger partial charge is 0.373 e. The number of ether oxygens (including phenoxy) is 1. The van der Waals surface area contributed by atoms with Crippen LogP contribution in [-0.2, 0) is 14.3 Å². The van der Waals surface area contributed by atoms with Gasteiger partial charge in [0.2, 0.25) is 5.78 Å². The molecule has 0 aromatic heterocycles. The van der Waals surface area contributed by atoms with Crippen LogP contribution in [0.4, 0.5) is 0 Å². The third-order valence-corrected chi connectivity index (χ3v) is 0.822. The first-order chi connectivity index (χ1) is 4.72. The van der Waals surface area contributed by atoms with Crippen molar-refractivity contribution in [3.05, 3.63) is 0 Å². The smallest absolute Gasteiger partial charge is 0.303 e. The van der Waals surface area contributed by atoms with Gasteiger partial charge in [-0.25, -0.2) is 5.84 Å². The van der Waals surface area contributed by atoms with Crippen molar-refractivity contribution in [3.63, 3.8) is 0 Å². The van der Waals surface area contributed by atoms with Crippen LogP contribution >= 0.6 is 0 Å². The molecule has 0 aliphatic rings. The predicted molar refractivity (Wildman–Crippen MR) is 33.8 cm³/mol. The first-order valence-corrected chi connectivity index (χ1v) is 2.83. The lowest BCUT2D eigenvalue weighted by Gasteiger charge is -1.97. The molecule has 0 aliphatic carbocycles. The molecule has 0 radical (unpaired) electrons. The van der Waals surface area contributed by atoms with E-state index in [0.717, 1.165) is 0 Å². The highest BCUT2D eigenvalue weighted by atomic mass is 16.5. The fourth-order valence-corrected chi connectivity index (χ4v) is 0.341. The summed E-state index contributed by atoms with van der Waals surface area (Å²) >= 11 is 0. The van der Waals surface area contributed by atoms with Crippen molar-refractivity contribution < 1.29 is 14.3 Å². The minimum Gasteiger partial charge on any atom is -0.373 e. The normalized spacial score (nSPS) is 9.00. The molecule has 0 spiro atoms. The molecule has 0 rings (SSSR count). The van der Waals surface area contributed by atoms with Crippen LogP contribution in [0.15, 0.2) is 0 Å². The van der Waals surface area contributed by atoms with Crippen LogP contribution in [0.3, 0.4) is 0 Å². The summed E-state index contributed by atoms with van der Waals surface area (Å²) < 4.78 is 4.65. The fourth-order valence-electron chi connectivity index (χ4n) is 0.341. The van der Waals surface area contributed by atoms with Gasteiger partial charge in [-0.05, 0) is 6.92 Å². The molecule has 10 heavy (non-hydrogen) atoms. The number of ketones is 1. The summed E-state index contributed by atoms with van der Waals surface area (Å²) in [6, 6.07) is 0. The van der Waals surface area contributed by atoms with Crippen molar-refractivity contribution in [2.24, 2.45) is 5.84 Å². The third-order valence-electron chi connectivity index (χ3n) is 0.822. The molecule has 58 valence electrons. The second-order valence-electron chi connectivity index (χ2n) is 1.53. The van der Waals surface area contributed by atoms with Crippen LogP contribution in [-0.4, -0.2) is 24.9 Å². The van der Waals surface area contributed by atoms with Gasteiger partial charge in [-0.15, -0.1) is 0 Å². The summed E-state index contributed by atoms with van der Waals surface area (Å²) in [7, 11) is 0. The number of amides is 1. The monoisotopic (exact) mass is 146 g/mol. The Balaban J connectivity index is 3.52. The van der Waals surface area contributed by atoms with E-state index in [1.807, 2.05) is 0 Å². The molecule has 0 heterocycles. The molecule has 0 atom stereocenters. The standard InChI is InChI=1S/C5H10N2O3/c1-2-10-3-4(8)5(9)7-6/h2-3,6H2,1H3,(H,7,9). The minimum absolute atomic E-state index is 0.209. The molecular formula is C5H10N2O3. The highest BCUT2D eigenvalue weighted by Crippen LogP contribution is 1.75. The Bertz CT molecular complexity index is 135. The average Bonchev–Trinajstić information content (AvgIpc) is 1.98. The summed E-state index contributed by atoms with van der Waals surface area (Å²) in [4.78, 5) is 20.9. The van der Waals surface area contributed by atoms with Crippen LogP contribution in [0, 0.1) is 0 Å². The zero-order chi connectivity index (χ0) is 7.98. The number of nitrogens with one attached hydrogen (secondary N) is 1. The number of hydrogen-bond acceptors (Lipinski definition) is 4. The second-order valence-corrected chi connectivity index (χ2v) is 1.53. The number of hydrazine groups is 1. The van der Waals surface area contributed by atoms with Crippen molar-refractivity contribution in [1.29, 1.82) is 0 Å². The molecular weight excluding hydrogens is 136 g/mol. The van der Waals surface area contributed by atoms with Gasteiger partial charge in [-0.3, -0.25) is 15.0 Å². The van der Waals surface area contributed by atoms with Gasteiger partial charge in [0.25, 0.3) is 0 Å². The number of carbonyl (C=O) groups excluding carboxylic acids is 2. The fraction of sp³-hybridized carbons (Fsp3) is 0.600. The van der Waals surface area contributed by atoms with Crippen LogP contribution in [0.5, 0.6) is 0 Å². The second kappa shape index (κ2) is 4.89. The van der Waals surface area contributed by atoms with Gasteiger partial charge in [-0.1, -0.05) is 0 Å². The molecule has 0 saturated carbocycles. The maximum Gasteiger partial charge on any atom is 0.303 e. The quantitative estimate of drug-likeness (QED) is 0.221. The molecule has 5 nitrogen and oxygen atoms in total. The Morgan fingerprint density at radius 1 is 1.60 bits per heavy atom. The molecule has 0 bridgehead atoms. The van der Waals surface area contributed by atoms with Crippen LogP contribution < -0.4 is 11.3 Å². The Morgan fingerprint density at radius 2 is 2.20 bits per heavy atom. The van der Waals surface area contributed by atoms with Crippen molar-refractivity contribution in [2.45, 2.75) is 6.92 Å². The minimum atomic E-state index is -0.826. The van der Waals surface area contributed by atoms with Crippen molar-refractivity contribution in [1.82, 2.24) is 5.43 Å². The molecule has 0 saturated heterocycles. The average molecular weight is 146 g/mol. The van der Waals surface area contributed by atoms with Gasteiger partial charge in [0.05, 0.1) is 0 Å². The lowest BCUT2D eigenvalue weighted by Crippen LogP contribution is -2.38. The van der Waals surface area contributed by atoms with E-state index in [2.05, 4.69) is 10.6 Å². The lowest BCUT2D eigenvalue weighted by molar-refractivity contribution is -0.140. The summed E-state index contributed by atoms with van der Waals surface area (Å²) in [6.45, 7) is 1.93. The van der Waals surface area contributed by atoms with E-state index in [9.17, 15) is 9.59 Å². The Hall–Kier alpha value is -0.940. The van der Waals surface area contributed by atoms with Gasteiger partial charge in [0.15, 0.2) is 0 Å². The van der Waals surface area contributed by atoms with Gasteiger partial charge >= 0.3 is 5.91 Å². The predicted octanol–water partition coefficient (Wildman–Crippen LogP) is -1.42. The number of Topliss-reactive ketones (excluding diaryl/α,β-unsaturated/α-hetero) is 1. The number of rotatable bonds is 4. The van der Waals surface area contributed by atoms with E-state index in [1.165, 1.54) is 0 Å². The van der Waals surface area contributed by atoms with Crippen LogP contribution in [0.25, 0.3) is 0 Å². The summed E-state index contributed by atoms with van der Waals surface area (Å²) in [5.74, 6) is 3.18. The summed E-state index contributed by atoms with van der Waals surface area (Å²) in [5.41, 5.74) is 1.71.